The predicted molar refractivity (Wildman–Crippen MR) is 160 cm³/mol. The van der Waals surface area contributed by atoms with Gasteiger partial charge in [0.2, 0.25) is 17.7 Å². The second kappa shape index (κ2) is 18.0. The van der Waals surface area contributed by atoms with E-state index < -0.39 is 5.25 Å². The van der Waals surface area contributed by atoms with Crippen LogP contribution in [0.3, 0.4) is 0 Å². The number of methoxy groups -OCH3 is 1. The van der Waals surface area contributed by atoms with Gasteiger partial charge in [-0.25, -0.2) is 0 Å². The number of carbonyl (C=O) groups is 4. The fourth-order valence-electron chi connectivity index (χ4n) is 4.12. The number of likely N-dealkylation sites (tertiary alicyclic amines) is 1. The Hall–Kier alpha value is -2.50. The van der Waals surface area contributed by atoms with Crippen LogP contribution in [0.2, 0.25) is 0 Å². The number of ketones is 1. The van der Waals surface area contributed by atoms with Crippen LogP contribution >= 0.6 is 24.0 Å². The molecular weight excluding hydrogens is 536 g/mol. The Morgan fingerprint density at radius 1 is 1.10 bits per heavy atom. The molecule has 0 saturated carbocycles. The Kier molecular flexibility index (Phi) is 15.1. The number of ether oxygens (including phenoxy) is 1. The van der Waals surface area contributed by atoms with E-state index >= 15 is 0 Å². The lowest BCUT2D eigenvalue weighted by molar-refractivity contribution is -0.142. The molecule has 0 spiro atoms. The normalized spacial score (nSPS) is 15.8. The number of nitrogens with zero attached hydrogens (tertiary/aromatic N) is 1. The van der Waals surface area contributed by atoms with Gasteiger partial charge in [-0.2, -0.15) is 0 Å². The number of carbonyl (C=O) groups excluding carboxylic acids is 4. The number of anilines is 1. The van der Waals surface area contributed by atoms with Crippen molar-refractivity contribution in [3.63, 3.8) is 0 Å². The van der Waals surface area contributed by atoms with Crippen molar-refractivity contribution in [2.45, 2.75) is 64.0 Å². The van der Waals surface area contributed by atoms with Gasteiger partial charge in [0.1, 0.15) is 6.61 Å². The van der Waals surface area contributed by atoms with Crippen molar-refractivity contribution in [1.29, 1.82) is 0 Å². The van der Waals surface area contributed by atoms with Crippen LogP contribution in [0, 0.1) is 12.8 Å². The summed E-state index contributed by atoms with van der Waals surface area (Å²) < 4.78 is 4.80. The van der Waals surface area contributed by atoms with Gasteiger partial charge < -0.3 is 20.7 Å². The van der Waals surface area contributed by atoms with Crippen LogP contribution in [0.1, 0.15) is 57.4 Å². The van der Waals surface area contributed by atoms with E-state index in [0.29, 0.717) is 30.4 Å². The maximum Gasteiger partial charge on any atom is 0.243 e. The summed E-state index contributed by atoms with van der Waals surface area (Å²) in [6, 6.07) is 7.99. The van der Waals surface area contributed by atoms with Gasteiger partial charge in [-0.1, -0.05) is 43.9 Å². The first-order valence-corrected chi connectivity index (χ1v) is 15.1. The molecule has 1 heterocycles. The van der Waals surface area contributed by atoms with Gasteiger partial charge in [0.25, 0.3) is 0 Å². The smallest absolute Gasteiger partial charge is 0.243 e. The van der Waals surface area contributed by atoms with Gasteiger partial charge >= 0.3 is 0 Å². The van der Waals surface area contributed by atoms with Gasteiger partial charge in [0.05, 0.1) is 11.8 Å². The minimum Gasteiger partial charge on any atom is -0.377 e. The number of Topliss-reactive ketones (excluding diaryl/α,β-unsaturated/α-hetero) is 1. The van der Waals surface area contributed by atoms with Crippen molar-refractivity contribution >= 4 is 58.3 Å². The Bertz CT molecular complexity index is 973. The van der Waals surface area contributed by atoms with E-state index in [1.54, 1.807) is 0 Å². The molecule has 1 aromatic rings. The lowest BCUT2D eigenvalue weighted by Gasteiger charge is -2.19. The zero-order valence-corrected chi connectivity index (χ0v) is 24.9. The Balaban J connectivity index is 1.82. The standard InChI is InChI=1S/C28H42N4O5S2/c1-4-5-7-14-29-26(35)21(9-6-8-15-30-28(38)31-22-12-10-20(2)11-13-22)19-39-24-16-25(34)32(27(24)36)17-23(33)18-37-3/h10-13,21,24H,4-9,14-19H2,1-3H3,(H,29,35)(H2,30,31,38). The summed E-state index contributed by atoms with van der Waals surface area (Å²) >= 11 is 6.70. The molecule has 2 atom stereocenters. The van der Waals surface area contributed by atoms with Gasteiger partial charge in [-0.05, 0) is 50.5 Å². The summed E-state index contributed by atoms with van der Waals surface area (Å²) in [6.45, 7) is 5.04. The first-order valence-electron chi connectivity index (χ1n) is 13.6. The predicted octanol–water partition coefficient (Wildman–Crippen LogP) is 3.45. The molecule has 216 valence electrons. The molecule has 3 N–H and O–H groups in total. The van der Waals surface area contributed by atoms with Crippen LogP contribution in [0.4, 0.5) is 5.69 Å². The molecule has 1 saturated heterocycles. The third-order valence-electron chi connectivity index (χ3n) is 6.37. The summed E-state index contributed by atoms with van der Waals surface area (Å²) in [5, 5.41) is 9.38. The highest BCUT2D eigenvalue weighted by molar-refractivity contribution is 8.00. The van der Waals surface area contributed by atoms with E-state index in [-0.39, 0.29) is 49.0 Å². The van der Waals surface area contributed by atoms with Crippen molar-refractivity contribution in [2.75, 3.05) is 44.4 Å². The summed E-state index contributed by atoms with van der Waals surface area (Å²) in [5.74, 6) is -0.909. The number of thiocarbonyl (C=S) groups is 1. The van der Waals surface area contributed by atoms with Crippen LogP contribution in [0.5, 0.6) is 0 Å². The number of unbranched alkanes of at least 4 members (excludes halogenated alkanes) is 3. The summed E-state index contributed by atoms with van der Waals surface area (Å²) in [5.41, 5.74) is 2.11. The number of thioether (sulfide) groups is 1. The number of hydrogen-bond donors (Lipinski definition) is 3. The molecule has 2 rings (SSSR count). The van der Waals surface area contributed by atoms with Gasteiger partial charge in [-0.3, -0.25) is 24.1 Å². The number of benzene rings is 1. The highest BCUT2D eigenvalue weighted by atomic mass is 32.2. The second-order valence-electron chi connectivity index (χ2n) is 9.75. The number of aryl methyl sites for hydroxylation is 1. The molecular formula is C28H42N4O5S2. The number of nitrogens with one attached hydrogen (secondary N) is 3. The van der Waals surface area contributed by atoms with Crippen molar-refractivity contribution < 1.29 is 23.9 Å². The highest BCUT2D eigenvalue weighted by Crippen LogP contribution is 2.28. The number of amides is 3. The zero-order chi connectivity index (χ0) is 28.6. The van der Waals surface area contributed by atoms with Crippen molar-refractivity contribution in [2.24, 2.45) is 5.92 Å². The Labute approximate surface area is 241 Å². The number of rotatable bonds is 18. The van der Waals surface area contributed by atoms with Crippen LogP contribution in [0.15, 0.2) is 24.3 Å². The Morgan fingerprint density at radius 2 is 1.79 bits per heavy atom. The summed E-state index contributed by atoms with van der Waals surface area (Å²) in [7, 11) is 1.39. The molecule has 0 radical (unpaired) electrons. The molecule has 9 nitrogen and oxygen atoms in total. The molecule has 0 bridgehead atoms. The average Bonchev–Trinajstić information content (AvgIpc) is 3.17. The lowest BCUT2D eigenvalue weighted by Crippen LogP contribution is -2.37. The lowest BCUT2D eigenvalue weighted by atomic mass is 10.0. The van der Waals surface area contributed by atoms with Crippen LogP contribution < -0.4 is 16.0 Å². The molecule has 0 aromatic heterocycles. The molecule has 1 fully saturated rings. The summed E-state index contributed by atoms with van der Waals surface area (Å²) in [6.07, 6.45) is 5.40. The van der Waals surface area contributed by atoms with Crippen molar-refractivity contribution in [3.05, 3.63) is 29.8 Å². The first kappa shape index (κ1) is 32.7. The number of hydrogen-bond acceptors (Lipinski definition) is 7. The fraction of sp³-hybridized carbons (Fsp3) is 0.607. The quantitative estimate of drug-likeness (QED) is 0.137. The van der Waals surface area contributed by atoms with Crippen molar-refractivity contribution in [1.82, 2.24) is 15.5 Å². The molecule has 1 aromatic carbocycles. The van der Waals surface area contributed by atoms with Crippen LogP contribution in [-0.2, 0) is 23.9 Å². The van der Waals surface area contributed by atoms with E-state index in [1.807, 2.05) is 31.2 Å². The SMILES string of the molecule is CCCCCNC(=O)C(CCCCNC(=S)Nc1ccc(C)cc1)CSC1CC(=O)N(CC(=O)COC)C1=O. The van der Waals surface area contributed by atoms with Gasteiger partial charge in [-0.15, -0.1) is 11.8 Å². The largest absolute Gasteiger partial charge is 0.377 e. The van der Waals surface area contributed by atoms with Crippen molar-refractivity contribution in [3.8, 4) is 0 Å². The molecule has 1 aliphatic heterocycles. The van der Waals surface area contributed by atoms with Crippen LogP contribution in [-0.4, -0.2) is 77.9 Å². The van der Waals surface area contributed by atoms with Gasteiger partial charge in [0.15, 0.2) is 10.9 Å². The maximum atomic E-state index is 12.9. The summed E-state index contributed by atoms with van der Waals surface area (Å²) in [4.78, 5) is 50.9. The second-order valence-corrected chi connectivity index (χ2v) is 11.4. The fourth-order valence-corrected chi connectivity index (χ4v) is 5.65. The van der Waals surface area contributed by atoms with E-state index in [4.69, 9.17) is 17.0 Å². The number of imide groups is 1. The molecule has 1 aliphatic rings. The highest BCUT2D eigenvalue weighted by Gasteiger charge is 2.40. The maximum absolute atomic E-state index is 12.9. The third kappa shape index (κ3) is 12.0. The molecule has 0 aliphatic carbocycles. The van der Waals surface area contributed by atoms with Crippen LogP contribution in [0.25, 0.3) is 0 Å². The minimum atomic E-state index is -0.574. The molecule has 11 heteroatoms. The topological polar surface area (TPSA) is 117 Å². The van der Waals surface area contributed by atoms with E-state index in [0.717, 1.165) is 42.7 Å². The van der Waals surface area contributed by atoms with E-state index in [1.165, 1.54) is 24.4 Å². The third-order valence-corrected chi connectivity index (χ3v) is 7.98. The Morgan fingerprint density at radius 3 is 2.49 bits per heavy atom. The minimum absolute atomic E-state index is 0.0213. The molecule has 3 amide bonds. The monoisotopic (exact) mass is 578 g/mol. The molecule has 39 heavy (non-hydrogen) atoms. The van der Waals surface area contributed by atoms with Gasteiger partial charge in [0, 0.05) is 44.0 Å². The van der Waals surface area contributed by atoms with E-state index in [9.17, 15) is 19.2 Å². The average molecular weight is 579 g/mol. The first-order chi connectivity index (χ1) is 18.7. The molecule has 2 unspecified atom stereocenters. The van der Waals surface area contributed by atoms with E-state index in [2.05, 4.69) is 22.9 Å². The zero-order valence-electron chi connectivity index (χ0n) is 23.3.